The number of fused-ring (bicyclic) bond motifs is 1. The minimum atomic E-state index is -0.348. The van der Waals surface area contributed by atoms with Gasteiger partial charge >= 0.3 is 0 Å². The number of nitriles is 1. The lowest BCUT2D eigenvalue weighted by Gasteiger charge is -2.35. The molecule has 2 amide bonds. The molecule has 9 heteroatoms. The van der Waals surface area contributed by atoms with Gasteiger partial charge in [-0.05, 0) is 74.2 Å². The lowest BCUT2D eigenvalue weighted by atomic mass is 9.87. The van der Waals surface area contributed by atoms with Crippen molar-refractivity contribution in [3.8, 4) is 6.07 Å². The van der Waals surface area contributed by atoms with E-state index in [2.05, 4.69) is 63.7 Å². The van der Waals surface area contributed by atoms with Gasteiger partial charge in [-0.25, -0.2) is 4.98 Å². The summed E-state index contributed by atoms with van der Waals surface area (Å²) in [6, 6.07) is 14.9. The van der Waals surface area contributed by atoms with Crippen LogP contribution in [0.2, 0.25) is 5.02 Å². The number of nitrogens with one attached hydrogen (secondary N) is 1. The number of imidazole rings is 1. The van der Waals surface area contributed by atoms with E-state index in [9.17, 15) is 14.9 Å². The van der Waals surface area contributed by atoms with E-state index in [1.165, 1.54) is 0 Å². The quantitative estimate of drug-likeness (QED) is 0.274. The smallest absolute Gasteiger partial charge is 0.264 e. The Morgan fingerprint density at radius 1 is 1.25 bits per heavy atom. The molecule has 1 N–H and O–H groups in total. The van der Waals surface area contributed by atoms with E-state index in [0.717, 1.165) is 36.0 Å². The molecule has 210 valence electrons. The lowest BCUT2D eigenvalue weighted by molar-refractivity contribution is -0.127. The van der Waals surface area contributed by atoms with Gasteiger partial charge in [-0.2, -0.15) is 5.26 Å². The summed E-state index contributed by atoms with van der Waals surface area (Å²) in [6.07, 6.45) is 1.61. The van der Waals surface area contributed by atoms with Crippen molar-refractivity contribution in [2.75, 3.05) is 18.9 Å². The van der Waals surface area contributed by atoms with Gasteiger partial charge in [0, 0.05) is 36.3 Å². The van der Waals surface area contributed by atoms with Crippen LogP contribution in [0.15, 0.2) is 54.6 Å². The standard InChI is InChI=1S/C31H37ClN6O2/c1-20(17-33)29(40)37-15-7-8-25(37)19-38-27-14-9-22(18-36(6)21(2)31(3,4)5)16-26(27)34-30(38)35-28(39)23-10-12-24(32)13-11-23/h9-14,16,21,25H,1,7-8,15,18-19H2,2-6H3,(H,34,35,39)/t21-,25?/m0/s1. The number of aromatic nitrogens is 2. The third kappa shape index (κ3) is 6.38. The van der Waals surface area contributed by atoms with Crippen molar-refractivity contribution in [2.45, 2.75) is 65.7 Å². The van der Waals surface area contributed by atoms with Gasteiger partial charge in [0.15, 0.2) is 0 Å². The van der Waals surface area contributed by atoms with Crippen molar-refractivity contribution in [1.82, 2.24) is 19.4 Å². The predicted molar refractivity (Wildman–Crippen MR) is 159 cm³/mol. The Bertz CT molecular complexity index is 1460. The molecule has 4 rings (SSSR count). The second-order valence-electron chi connectivity index (χ2n) is 11.7. The molecule has 2 atom stereocenters. The number of hydrogen-bond acceptors (Lipinski definition) is 5. The third-order valence-corrected chi connectivity index (χ3v) is 8.17. The van der Waals surface area contributed by atoms with Crippen LogP contribution in [0.3, 0.4) is 0 Å². The fourth-order valence-corrected chi connectivity index (χ4v) is 5.27. The Morgan fingerprint density at radius 3 is 2.60 bits per heavy atom. The summed E-state index contributed by atoms with van der Waals surface area (Å²) in [6.45, 7) is 14.3. The molecule has 1 fully saturated rings. The molecule has 0 radical (unpaired) electrons. The molecule has 8 nitrogen and oxygen atoms in total. The monoisotopic (exact) mass is 560 g/mol. The minimum absolute atomic E-state index is 0.0723. The van der Waals surface area contributed by atoms with Crippen LogP contribution in [-0.4, -0.2) is 56.8 Å². The van der Waals surface area contributed by atoms with E-state index in [-0.39, 0.29) is 28.8 Å². The first-order valence-corrected chi connectivity index (χ1v) is 13.9. The van der Waals surface area contributed by atoms with Gasteiger partial charge in [0.05, 0.1) is 17.1 Å². The van der Waals surface area contributed by atoms with Crippen LogP contribution in [0.4, 0.5) is 5.95 Å². The summed E-state index contributed by atoms with van der Waals surface area (Å²) < 4.78 is 1.96. The summed E-state index contributed by atoms with van der Waals surface area (Å²) in [4.78, 5) is 34.8. The molecular formula is C31H37ClN6O2. The van der Waals surface area contributed by atoms with Gasteiger partial charge in [0.2, 0.25) is 5.95 Å². The van der Waals surface area contributed by atoms with Gasteiger partial charge in [-0.3, -0.25) is 19.8 Å². The van der Waals surface area contributed by atoms with Crippen molar-refractivity contribution < 1.29 is 9.59 Å². The molecule has 0 aliphatic carbocycles. The first kappa shape index (κ1) is 29.3. The number of nitrogens with zero attached hydrogens (tertiary/aromatic N) is 5. The normalized spacial score (nSPS) is 16.2. The van der Waals surface area contributed by atoms with Gasteiger partial charge in [0.1, 0.15) is 11.6 Å². The molecule has 2 heterocycles. The minimum Gasteiger partial charge on any atom is -0.333 e. The highest BCUT2D eigenvalue weighted by Crippen LogP contribution is 2.29. The topological polar surface area (TPSA) is 94.3 Å². The Labute approximate surface area is 241 Å². The van der Waals surface area contributed by atoms with Gasteiger partial charge in [0.25, 0.3) is 11.8 Å². The second-order valence-corrected chi connectivity index (χ2v) is 12.1. The van der Waals surface area contributed by atoms with Crippen LogP contribution in [0.25, 0.3) is 11.0 Å². The zero-order chi connectivity index (χ0) is 29.2. The zero-order valence-electron chi connectivity index (χ0n) is 23.9. The van der Waals surface area contributed by atoms with Crippen LogP contribution in [-0.2, 0) is 17.9 Å². The molecule has 2 aromatic carbocycles. The third-order valence-electron chi connectivity index (χ3n) is 7.92. The maximum absolute atomic E-state index is 13.1. The van der Waals surface area contributed by atoms with Crippen LogP contribution < -0.4 is 5.32 Å². The number of carbonyl (C=O) groups is 2. The number of halogens is 1. The molecule has 1 unspecified atom stereocenters. The summed E-state index contributed by atoms with van der Waals surface area (Å²) in [7, 11) is 2.12. The van der Waals surface area contributed by atoms with Crippen molar-refractivity contribution >= 4 is 40.4 Å². The van der Waals surface area contributed by atoms with E-state index in [1.807, 2.05) is 16.7 Å². The largest absolute Gasteiger partial charge is 0.333 e. The van der Waals surface area contributed by atoms with E-state index in [1.54, 1.807) is 29.2 Å². The zero-order valence-corrected chi connectivity index (χ0v) is 24.6. The number of carbonyl (C=O) groups excluding carboxylic acids is 2. The molecule has 1 aliphatic rings. The van der Waals surface area contributed by atoms with E-state index in [0.29, 0.717) is 35.7 Å². The lowest BCUT2D eigenvalue weighted by Crippen LogP contribution is -2.38. The molecular weight excluding hydrogens is 524 g/mol. The van der Waals surface area contributed by atoms with Crippen LogP contribution in [0, 0.1) is 16.7 Å². The number of rotatable bonds is 8. The van der Waals surface area contributed by atoms with Crippen molar-refractivity contribution in [3.63, 3.8) is 0 Å². The maximum Gasteiger partial charge on any atom is 0.264 e. The Kier molecular flexibility index (Phi) is 8.67. The fourth-order valence-electron chi connectivity index (χ4n) is 5.14. The molecule has 1 aromatic heterocycles. The molecule has 3 aromatic rings. The Morgan fingerprint density at radius 2 is 1.95 bits per heavy atom. The molecule has 1 saturated heterocycles. The molecule has 0 spiro atoms. The van der Waals surface area contributed by atoms with Gasteiger partial charge in [-0.15, -0.1) is 0 Å². The number of benzene rings is 2. The average molecular weight is 561 g/mol. The first-order chi connectivity index (χ1) is 18.9. The second kappa shape index (κ2) is 11.8. The first-order valence-electron chi connectivity index (χ1n) is 13.6. The molecule has 0 saturated carbocycles. The molecule has 1 aliphatic heterocycles. The SMILES string of the molecule is C=C(C#N)C(=O)N1CCCC1Cn1c(NC(=O)c2ccc(Cl)cc2)nc2cc(CN(C)[C@@H](C)C(C)(C)C)ccc21. The highest BCUT2D eigenvalue weighted by atomic mass is 35.5. The maximum atomic E-state index is 13.1. The fraction of sp³-hybridized carbons (Fsp3) is 0.419. The van der Waals surface area contributed by atoms with Crippen molar-refractivity contribution in [2.24, 2.45) is 5.41 Å². The highest BCUT2D eigenvalue weighted by molar-refractivity contribution is 6.30. The number of anilines is 1. The van der Waals surface area contributed by atoms with Crippen LogP contribution in [0.5, 0.6) is 0 Å². The summed E-state index contributed by atoms with van der Waals surface area (Å²) in [5, 5.41) is 12.7. The van der Waals surface area contributed by atoms with Gasteiger partial charge in [-0.1, -0.05) is 45.0 Å². The van der Waals surface area contributed by atoms with Gasteiger partial charge < -0.3 is 9.47 Å². The number of hydrogen-bond donors (Lipinski definition) is 1. The summed E-state index contributed by atoms with van der Waals surface area (Å²) in [5.74, 6) is -0.245. The van der Waals surface area contributed by atoms with Crippen LogP contribution >= 0.6 is 11.6 Å². The molecule has 0 bridgehead atoms. The average Bonchev–Trinajstić information content (AvgIpc) is 3.51. The highest BCUT2D eigenvalue weighted by Gasteiger charge is 2.31. The number of amides is 2. The van der Waals surface area contributed by atoms with E-state index < -0.39 is 0 Å². The van der Waals surface area contributed by atoms with Crippen LogP contribution in [0.1, 0.15) is 56.5 Å². The van der Waals surface area contributed by atoms with E-state index in [4.69, 9.17) is 16.6 Å². The Balaban J connectivity index is 1.68. The summed E-state index contributed by atoms with van der Waals surface area (Å²) >= 11 is 6.01. The summed E-state index contributed by atoms with van der Waals surface area (Å²) in [5.41, 5.74) is 3.27. The number of likely N-dealkylation sites (tertiary alicyclic amines) is 1. The Hall–Kier alpha value is -3.67. The van der Waals surface area contributed by atoms with Crippen molar-refractivity contribution in [3.05, 3.63) is 70.8 Å². The van der Waals surface area contributed by atoms with E-state index >= 15 is 0 Å². The molecule has 40 heavy (non-hydrogen) atoms. The van der Waals surface area contributed by atoms with Crippen molar-refractivity contribution in [1.29, 1.82) is 5.26 Å². The predicted octanol–water partition coefficient (Wildman–Crippen LogP) is 5.88.